The highest BCUT2D eigenvalue weighted by atomic mass is 32.2. The summed E-state index contributed by atoms with van der Waals surface area (Å²) >= 11 is 1.53. The van der Waals surface area contributed by atoms with Crippen LogP contribution in [0.3, 0.4) is 0 Å². The Morgan fingerprint density at radius 1 is 1.03 bits per heavy atom. The van der Waals surface area contributed by atoms with Crippen molar-refractivity contribution in [3.05, 3.63) is 71.0 Å². The van der Waals surface area contributed by atoms with Crippen LogP contribution in [0.2, 0.25) is 0 Å². The van der Waals surface area contributed by atoms with Gasteiger partial charge in [-0.15, -0.1) is 11.8 Å². The topological polar surface area (TPSA) is 49.4 Å². The average molecular weight is 417 g/mol. The van der Waals surface area contributed by atoms with Crippen molar-refractivity contribution >= 4 is 23.6 Å². The van der Waals surface area contributed by atoms with Crippen molar-refractivity contribution in [1.82, 2.24) is 10.2 Å². The Labute approximate surface area is 176 Å². The molecule has 1 unspecified atom stereocenters. The van der Waals surface area contributed by atoms with Crippen molar-refractivity contribution in [2.24, 2.45) is 0 Å². The Balaban J connectivity index is 2.08. The summed E-state index contributed by atoms with van der Waals surface area (Å²) in [4.78, 5) is 27.2. The van der Waals surface area contributed by atoms with Crippen molar-refractivity contribution in [3.63, 3.8) is 0 Å². The van der Waals surface area contributed by atoms with E-state index in [9.17, 15) is 14.0 Å². The number of thioether (sulfide) groups is 1. The zero-order valence-corrected chi connectivity index (χ0v) is 18.1. The summed E-state index contributed by atoms with van der Waals surface area (Å²) in [7, 11) is 0. The maximum absolute atomic E-state index is 13.2. The molecule has 29 heavy (non-hydrogen) atoms. The molecule has 0 fully saturated rings. The van der Waals surface area contributed by atoms with E-state index in [-0.39, 0.29) is 29.9 Å². The predicted octanol–water partition coefficient (Wildman–Crippen LogP) is 4.31. The number of halogens is 1. The SMILES string of the molecule is CCNC(=O)C(CC)N(Cc1ccc(F)cc1)C(=O)CSCc1ccc(C)cc1. The zero-order valence-electron chi connectivity index (χ0n) is 17.3. The highest BCUT2D eigenvalue weighted by molar-refractivity contribution is 7.99. The minimum atomic E-state index is -0.549. The molecule has 0 aliphatic rings. The maximum atomic E-state index is 13.2. The van der Waals surface area contributed by atoms with Gasteiger partial charge in [0.2, 0.25) is 11.8 Å². The summed E-state index contributed by atoms with van der Waals surface area (Å²) in [6.45, 7) is 6.58. The van der Waals surface area contributed by atoms with E-state index in [1.54, 1.807) is 17.0 Å². The molecule has 0 aliphatic carbocycles. The molecule has 0 radical (unpaired) electrons. The van der Waals surface area contributed by atoms with E-state index in [1.165, 1.54) is 29.5 Å². The first-order chi connectivity index (χ1) is 13.9. The Hall–Kier alpha value is -2.34. The minimum absolute atomic E-state index is 0.0930. The van der Waals surface area contributed by atoms with Gasteiger partial charge >= 0.3 is 0 Å². The fourth-order valence-corrected chi connectivity index (χ4v) is 3.89. The van der Waals surface area contributed by atoms with Crippen molar-refractivity contribution in [2.45, 2.75) is 45.5 Å². The van der Waals surface area contributed by atoms with E-state index >= 15 is 0 Å². The van der Waals surface area contributed by atoms with Gasteiger partial charge in [0, 0.05) is 18.8 Å². The normalized spacial score (nSPS) is 11.7. The first kappa shape index (κ1) is 22.9. The second-order valence-corrected chi connectivity index (χ2v) is 7.93. The number of aryl methyl sites for hydroxylation is 1. The Morgan fingerprint density at radius 3 is 2.24 bits per heavy atom. The van der Waals surface area contributed by atoms with Gasteiger partial charge in [0.05, 0.1) is 5.75 Å². The molecule has 0 saturated carbocycles. The molecule has 1 atom stereocenters. The molecule has 0 bridgehead atoms. The van der Waals surface area contributed by atoms with Crippen LogP contribution < -0.4 is 5.32 Å². The number of carbonyl (C=O) groups excluding carboxylic acids is 2. The van der Waals surface area contributed by atoms with Crippen LogP contribution >= 0.6 is 11.8 Å². The third-order valence-corrected chi connectivity index (χ3v) is 5.61. The van der Waals surface area contributed by atoms with Gasteiger partial charge in [-0.3, -0.25) is 9.59 Å². The number of nitrogens with zero attached hydrogens (tertiary/aromatic N) is 1. The van der Waals surface area contributed by atoms with Gasteiger partial charge in [0.25, 0.3) is 0 Å². The summed E-state index contributed by atoms with van der Waals surface area (Å²) in [5, 5.41) is 2.81. The predicted molar refractivity (Wildman–Crippen MR) is 117 cm³/mol. The molecule has 0 aliphatic heterocycles. The monoisotopic (exact) mass is 416 g/mol. The van der Waals surface area contributed by atoms with Crippen LogP contribution in [0.5, 0.6) is 0 Å². The fourth-order valence-electron chi connectivity index (χ4n) is 3.02. The van der Waals surface area contributed by atoms with E-state index in [2.05, 4.69) is 29.6 Å². The molecule has 6 heteroatoms. The number of hydrogen-bond donors (Lipinski definition) is 1. The van der Waals surface area contributed by atoms with Crippen molar-refractivity contribution in [2.75, 3.05) is 12.3 Å². The molecular weight excluding hydrogens is 387 g/mol. The zero-order chi connectivity index (χ0) is 21.2. The van der Waals surface area contributed by atoms with Gasteiger partial charge in [-0.2, -0.15) is 0 Å². The summed E-state index contributed by atoms with van der Waals surface area (Å²) in [5.74, 6) is 0.439. The highest BCUT2D eigenvalue weighted by Gasteiger charge is 2.28. The maximum Gasteiger partial charge on any atom is 0.242 e. The van der Waals surface area contributed by atoms with Crippen molar-refractivity contribution in [3.8, 4) is 0 Å². The number of rotatable bonds is 10. The van der Waals surface area contributed by atoms with Crippen LogP contribution in [0.15, 0.2) is 48.5 Å². The quantitative estimate of drug-likeness (QED) is 0.628. The molecule has 0 heterocycles. The summed E-state index contributed by atoms with van der Waals surface area (Å²) < 4.78 is 13.2. The average Bonchev–Trinajstić information content (AvgIpc) is 2.71. The Bertz CT molecular complexity index is 794. The number of carbonyl (C=O) groups is 2. The molecule has 156 valence electrons. The van der Waals surface area contributed by atoms with Crippen LogP contribution in [0.4, 0.5) is 4.39 Å². The lowest BCUT2D eigenvalue weighted by atomic mass is 10.1. The van der Waals surface area contributed by atoms with Crippen LogP contribution in [0.25, 0.3) is 0 Å². The van der Waals surface area contributed by atoms with Crippen LogP contribution in [0, 0.1) is 12.7 Å². The largest absolute Gasteiger partial charge is 0.355 e. The molecule has 0 aromatic heterocycles. The molecule has 0 saturated heterocycles. The van der Waals surface area contributed by atoms with Gasteiger partial charge in [-0.05, 0) is 43.5 Å². The Morgan fingerprint density at radius 2 is 1.66 bits per heavy atom. The standard InChI is InChI=1S/C23H29FN2O2S/c1-4-21(23(28)25-5-2)26(14-18-10-12-20(24)13-11-18)22(27)16-29-15-19-8-6-17(3)7-9-19/h6-13,21H,4-5,14-16H2,1-3H3,(H,25,28). The van der Waals surface area contributed by atoms with Crippen molar-refractivity contribution < 1.29 is 14.0 Å². The Kier molecular flexibility index (Phi) is 9.19. The van der Waals surface area contributed by atoms with Gasteiger partial charge in [-0.1, -0.05) is 48.9 Å². The van der Waals surface area contributed by atoms with E-state index in [0.29, 0.717) is 13.0 Å². The van der Waals surface area contributed by atoms with Crippen molar-refractivity contribution in [1.29, 1.82) is 0 Å². The van der Waals surface area contributed by atoms with E-state index < -0.39 is 6.04 Å². The van der Waals surface area contributed by atoms with E-state index in [1.807, 2.05) is 20.8 Å². The second-order valence-electron chi connectivity index (χ2n) is 6.95. The summed E-state index contributed by atoms with van der Waals surface area (Å²) in [6.07, 6.45) is 0.515. The number of amides is 2. The minimum Gasteiger partial charge on any atom is -0.355 e. The van der Waals surface area contributed by atoms with Crippen LogP contribution in [-0.4, -0.2) is 35.1 Å². The number of likely N-dealkylation sites (N-methyl/N-ethyl adjacent to an activating group) is 1. The summed E-state index contributed by atoms with van der Waals surface area (Å²) in [6, 6.07) is 13.7. The molecule has 2 rings (SSSR count). The number of hydrogen-bond acceptors (Lipinski definition) is 3. The number of benzene rings is 2. The molecule has 0 spiro atoms. The van der Waals surface area contributed by atoms with E-state index in [0.717, 1.165) is 16.9 Å². The lowest BCUT2D eigenvalue weighted by Crippen LogP contribution is -2.49. The molecule has 4 nitrogen and oxygen atoms in total. The lowest BCUT2D eigenvalue weighted by Gasteiger charge is -2.30. The highest BCUT2D eigenvalue weighted by Crippen LogP contribution is 2.18. The summed E-state index contributed by atoms with van der Waals surface area (Å²) in [5.41, 5.74) is 3.16. The first-order valence-electron chi connectivity index (χ1n) is 9.89. The lowest BCUT2D eigenvalue weighted by molar-refractivity contribution is -0.139. The van der Waals surface area contributed by atoms with Crippen LogP contribution in [-0.2, 0) is 21.9 Å². The molecule has 1 N–H and O–H groups in total. The van der Waals surface area contributed by atoms with Crippen LogP contribution in [0.1, 0.15) is 37.0 Å². The smallest absolute Gasteiger partial charge is 0.242 e. The molecule has 2 aromatic carbocycles. The first-order valence-corrected chi connectivity index (χ1v) is 11.0. The van der Waals surface area contributed by atoms with Gasteiger partial charge in [0.15, 0.2) is 0 Å². The van der Waals surface area contributed by atoms with E-state index in [4.69, 9.17) is 0 Å². The number of nitrogens with one attached hydrogen (secondary N) is 1. The fraction of sp³-hybridized carbons (Fsp3) is 0.391. The molecule has 2 aromatic rings. The third-order valence-electron chi connectivity index (χ3n) is 4.62. The molecule has 2 amide bonds. The second kappa shape index (κ2) is 11.6. The molecular formula is C23H29FN2O2S. The van der Waals surface area contributed by atoms with Gasteiger partial charge in [-0.25, -0.2) is 4.39 Å². The van der Waals surface area contributed by atoms with Gasteiger partial charge < -0.3 is 10.2 Å². The van der Waals surface area contributed by atoms with Gasteiger partial charge in [0.1, 0.15) is 11.9 Å². The third kappa shape index (κ3) is 7.20.